The van der Waals surface area contributed by atoms with E-state index in [4.69, 9.17) is 23.2 Å². The van der Waals surface area contributed by atoms with E-state index in [9.17, 15) is 4.79 Å². The molecule has 0 spiro atoms. The number of benzene rings is 1. The van der Waals surface area contributed by atoms with Gasteiger partial charge < -0.3 is 0 Å². The van der Waals surface area contributed by atoms with Gasteiger partial charge in [0.1, 0.15) is 0 Å². The van der Waals surface area contributed by atoms with Crippen molar-refractivity contribution in [2.24, 2.45) is 0 Å². The van der Waals surface area contributed by atoms with E-state index >= 15 is 0 Å². The monoisotopic (exact) mass is 280 g/mol. The lowest BCUT2D eigenvalue weighted by Gasteiger charge is -2.06. The molecular weight excluding hydrogens is 275 g/mol. The number of aryl methyl sites for hydroxylation is 1. The van der Waals surface area contributed by atoms with Crippen molar-refractivity contribution in [2.45, 2.75) is 6.92 Å². The molecule has 0 heterocycles. The lowest BCUT2D eigenvalue weighted by molar-refractivity contribution is 0.102. The molecule has 0 aromatic heterocycles. The Hall–Kier alpha value is -0.0500. The minimum atomic E-state index is -0.0984. The molecule has 1 nitrogen and oxygen atoms in total. The summed E-state index contributed by atoms with van der Waals surface area (Å²) in [5.41, 5.74) is 1.26. The van der Waals surface area contributed by atoms with Crippen LogP contribution in [0.1, 0.15) is 15.9 Å². The molecule has 0 saturated carbocycles. The van der Waals surface area contributed by atoms with E-state index in [0.717, 1.165) is 5.56 Å². The molecule has 0 aliphatic heterocycles. The third-order valence-electron chi connectivity index (χ3n) is 1.68. The van der Waals surface area contributed by atoms with Crippen LogP contribution in [0.4, 0.5) is 0 Å². The van der Waals surface area contributed by atoms with Crippen LogP contribution in [-0.4, -0.2) is 11.1 Å². The Morgan fingerprint density at radius 3 is 2.62 bits per heavy atom. The molecule has 0 aliphatic rings. The van der Waals surface area contributed by atoms with Gasteiger partial charge >= 0.3 is 0 Å². The molecule has 70 valence electrons. The van der Waals surface area contributed by atoms with E-state index in [1.165, 1.54) is 0 Å². The number of hydrogen-bond donors (Lipinski definition) is 0. The summed E-state index contributed by atoms with van der Waals surface area (Å²) in [5, 5.41) is 1.08. The average molecular weight is 282 g/mol. The van der Waals surface area contributed by atoms with Gasteiger partial charge in [-0.2, -0.15) is 0 Å². The maximum atomic E-state index is 11.4. The van der Waals surface area contributed by atoms with Crippen molar-refractivity contribution in [3.8, 4) is 0 Å². The van der Waals surface area contributed by atoms with E-state index in [1.54, 1.807) is 12.1 Å². The van der Waals surface area contributed by atoms with Crippen LogP contribution in [0, 0.1) is 6.92 Å². The normalized spacial score (nSPS) is 10.2. The Labute approximate surface area is 95.2 Å². The van der Waals surface area contributed by atoms with Crippen LogP contribution in [0.2, 0.25) is 10.0 Å². The van der Waals surface area contributed by atoms with Crippen molar-refractivity contribution in [3.05, 3.63) is 33.3 Å². The molecule has 13 heavy (non-hydrogen) atoms. The smallest absolute Gasteiger partial charge is 0.176 e. The second-order valence-electron chi connectivity index (χ2n) is 2.61. The summed E-state index contributed by atoms with van der Waals surface area (Å²) >= 11 is 14.9. The summed E-state index contributed by atoms with van der Waals surface area (Å²) in [6.07, 6.45) is 0. The quantitative estimate of drug-likeness (QED) is 0.594. The highest BCUT2D eigenvalue weighted by Gasteiger charge is 2.14. The van der Waals surface area contributed by atoms with Gasteiger partial charge in [0.15, 0.2) is 5.78 Å². The fourth-order valence-corrected chi connectivity index (χ4v) is 1.84. The molecule has 0 fully saturated rings. The summed E-state index contributed by atoms with van der Waals surface area (Å²) < 4.78 is 0. The number of Topliss-reactive ketones (excluding diaryl/α,β-unsaturated/α-hetero) is 1. The first-order valence-corrected chi connectivity index (χ1v) is 5.49. The Morgan fingerprint density at radius 1 is 1.46 bits per heavy atom. The van der Waals surface area contributed by atoms with Gasteiger partial charge in [-0.1, -0.05) is 45.2 Å². The summed E-state index contributed by atoms with van der Waals surface area (Å²) in [6, 6.07) is 3.47. The third kappa shape index (κ3) is 2.25. The highest BCUT2D eigenvalue weighted by atomic mass is 79.9. The maximum absolute atomic E-state index is 11.4. The van der Waals surface area contributed by atoms with Crippen LogP contribution in [-0.2, 0) is 0 Å². The minimum absolute atomic E-state index is 0.0984. The third-order valence-corrected chi connectivity index (χ3v) is 3.00. The van der Waals surface area contributed by atoms with Gasteiger partial charge in [-0.25, -0.2) is 0 Å². The van der Waals surface area contributed by atoms with Crippen molar-refractivity contribution < 1.29 is 4.79 Å². The zero-order valence-corrected chi connectivity index (χ0v) is 10.0. The summed E-state index contributed by atoms with van der Waals surface area (Å²) in [5.74, 6) is -0.0984. The first kappa shape index (κ1) is 11.0. The lowest BCUT2D eigenvalue weighted by Crippen LogP contribution is -2.02. The predicted molar refractivity (Wildman–Crippen MR) is 59.3 cm³/mol. The number of hydrogen-bond acceptors (Lipinski definition) is 1. The SMILES string of the molecule is Cc1ccc(Cl)c(C(=O)CBr)c1Cl. The van der Waals surface area contributed by atoms with E-state index in [0.29, 0.717) is 15.6 Å². The van der Waals surface area contributed by atoms with Gasteiger partial charge in [-0.3, -0.25) is 4.79 Å². The van der Waals surface area contributed by atoms with Crippen molar-refractivity contribution in [1.82, 2.24) is 0 Å². The molecule has 0 radical (unpaired) electrons. The van der Waals surface area contributed by atoms with E-state index in [-0.39, 0.29) is 11.1 Å². The van der Waals surface area contributed by atoms with E-state index < -0.39 is 0 Å². The molecule has 1 rings (SSSR count). The van der Waals surface area contributed by atoms with Gasteiger partial charge in [-0.15, -0.1) is 0 Å². The first-order valence-electron chi connectivity index (χ1n) is 3.61. The highest BCUT2D eigenvalue weighted by molar-refractivity contribution is 9.09. The molecule has 0 bridgehead atoms. The van der Waals surface area contributed by atoms with E-state index in [2.05, 4.69) is 15.9 Å². The molecule has 0 atom stereocenters. The van der Waals surface area contributed by atoms with Gasteiger partial charge in [0.2, 0.25) is 0 Å². The van der Waals surface area contributed by atoms with Crippen LogP contribution in [0.5, 0.6) is 0 Å². The molecule has 1 aromatic carbocycles. The fraction of sp³-hybridized carbons (Fsp3) is 0.222. The van der Waals surface area contributed by atoms with Crippen LogP contribution in [0.3, 0.4) is 0 Å². The molecule has 0 aliphatic carbocycles. The van der Waals surface area contributed by atoms with Crippen molar-refractivity contribution in [1.29, 1.82) is 0 Å². The number of carbonyl (C=O) groups is 1. The fourth-order valence-electron chi connectivity index (χ4n) is 0.979. The van der Waals surface area contributed by atoms with Gasteiger partial charge in [0.25, 0.3) is 0 Å². The first-order chi connectivity index (χ1) is 6.07. The molecule has 0 amide bonds. The van der Waals surface area contributed by atoms with Crippen LogP contribution in [0.15, 0.2) is 12.1 Å². The number of ketones is 1. The Bertz CT molecular complexity index is 350. The standard InChI is InChI=1S/C9H7BrCl2O/c1-5-2-3-6(11)8(9(5)12)7(13)4-10/h2-3H,4H2,1H3. The van der Waals surface area contributed by atoms with Crippen LogP contribution >= 0.6 is 39.1 Å². The number of halogens is 3. The zero-order chi connectivity index (χ0) is 10.0. The van der Waals surface area contributed by atoms with Gasteiger partial charge in [-0.05, 0) is 18.6 Å². The molecule has 4 heteroatoms. The van der Waals surface area contributed by atoms with Gasteiger partial charge in [0, 0.05) is 0 Å². The molecule has 0 unspecified atom stereocenters. The van der Waals surface area contributed by atoms with Crippen molar-refractivity contribution in [2.75, 3.05) is 5.33 Å². The highest BCUT2D eigenvalue weighted by Crippen LogP contribution is 2.28. The number of rotatable bonds is 2. The summed E-state index contributed by atoms with van der Waals surface area (Å²) in [6.45, 7) is 1.84. The largest absolute Gasteiger partial charge is 0.293 e. The number of carbonyl (C=O) groups excluding carboxylic acids is 1. The van der Waals surface area contributed by atoms with Crippen LogP contribution in [0.25, 0.3) is 0 Å². The second kappa shape index (κ2) is 4.45. The molecular formula is C9H7BrCl2O. The molecule has 1 aromatic rings. The zero-order valence-electron chi connectivity index (χ0n) is 6.90. The van der Waals surface area contributed by atoms with Crippen molar-refractivity contribution >= 4 is 44.9 Å². The topological polar surface area (TPSA) is 17.1 Å². The Balaban J connectivity index is 3.33. The van der Waals surface area contributed by atoms with Crippen molar-refractivity contribution in [3.63, 3.8) is 0 Å². The Kier molecular flexibility index (Phi) is 3.77. The Morgan fingerprint density at radius 2 is 2.08 bits per heavy atom. The average Bonchev–Trinajstić information content (AvgIpc) is 2.12. The summed E-state index contributed by atoms with van der Waals surface area (Å²) in [7, 11) is 0. The molecule has 0 N–H and O–H groups in total. The summed E-state index contributed by atoms with van der Waals surface area (Å²) in [4.78, 5) is 11.4. The predicted octanol–water partition coefficient (Wildman–Crippen LogP) is 3.88. The van der Waals surface area contributed by atoms with Crippen LogP contribution < -0.4 is 0 Å². The minimum Gasteiger partial charge on any atom is -0.293 e. The van der Waals surface area contributed by atoms with E-state index in [1.807, 2.05) is 6.92 Å². The van der Waals surface area contributed by atoms with Gasteiger partial charge in [0.05, 0.1) is 20.9 Å². The number of alkyl halides is 1. The maximum Gasteiger partial charge on any atom is 0.176 e. The molecule has 0 saturated heterocycles. The lowest BCUT2D eigenvalue weighted by atomic mass is 10.1. The second-order valence-corrected chi connectivity index (χ2v) is 3.96.